The average Bonchev–Trinajstić information content (AvgIpc) is 2.72. The Morgan fingerprint density at radius 3 is 2.13 bits per heavy atom. The van der Waals surface area contributed by atoms with Crippen LogP contribution in [-0.4, -0.2) is 74.9 Å². The van der Waals surface area contributed by atoms with Crippen LogP contribution < -0.4 is 0 Å². The number of likely N-dealkylation sites (tertiary alicyclic amines) is 1. The summed E-state index contributed by atoms with van der Waals surface area (Å²) in [4.78, 5) is 3.91. The van der Waals surface area contributed by atoms with Crippen LogP contribution in [0.4, 0.5) is 13.2 Å². The highest BCUT2D eigenvalue weighted by molar-refractivity contribution is 7.89. The normalized spacial score (nSPS) is 25.2. The summed E-state index contributed by atoms with van der Waals surface area (Å²) in [6, 6.07) is 4.50. The van der Waals surface area contributed by atoms with E-state index in [1.165, 1.54) is 23.5 Å². The Hall–Kier alpha value is -1.16. The first-order chi connectivity index (χ1) is 14.0. The molecule has 1 aliphatic heterocycles. The number of likely N-dealkylation sites (N-methyl/N-ethyl adjacent to an activating group) is 2. The molecule has 1 aliphatic carbocycles. The fourth-order valence-electron chi connectivity index (χ4n) is 4.92. The Kier molecular flexibility index (Phi) is 7.16. The van der Waals surface area contributed by atoms with Gasteiger partial charge in [-0.3, -0.25) is 4.90 Å². The molecule has 0 spiro atoms. The maximum atomic E-state index is 13.5. The topological polar surface area (TPSA) is 43.9 Å². The fourth-order valence-corrected chi connectivity index (χ4v) is 6.55. The van der Waals surface area contributed by atoms with Gasteiger partial charge in [0.15, 0.2) is 0 Å². The average molecular weight is 448 g/mol. The van der Waals surface area contributed by atoms with E-state index in [9.17, 15) is 21.6 Å². The second-order valence-electron chi connectivity index (χ2n) is 8.63. The molecular formula is C21H32F3N3O2S. The van der Waals surface area contributed by atoms with Crippen molar-refractivity contribution in [2.24, 2.45) is 0 Å². The second-order valence-corrected chi connectivity index (χ2v) is 10.6. The number of hydrogen-bond acceptors (Lipinski definition) is 4. The van der Waals surface area contributed by atoms with Crippen LogP contribution in [0.25, 0.3) is 0 Å². The van der Waals surface area contributed by atoms with Gasteiger partial charge < -0.3 is 4.90 Å². The highest BCUT2D eigenvalue weighted by Gasteiger charge is 2.42. The zero-order valence-electron chi connectivity index (χ0n) is 17.9. The molecule has 9 heteroatoms. The third-order valence-electron chi connectivity index (χ3n) is 6.80. The van der Waals surface area contributed by atoms with Gasteiger partial charge in [0, 0.05) is 25.2 Å². The molecule has 1 aromatic rings. The first kappa shape index (κ1) is 23.5. The molecule has 2 atom stereocenters. The summed E-state index contributed by atoms with van der Waals surface area (Å²) in [5.74, 6) is 0. The summed E-state index contributed by atoms with van der Waals surface area (Å²) in [6.45, 7) is 2.00. The van der Waals surface area contributed by atoms with Gasteiger partial charge in [-0.15, -0.1) is 0 Å². The van der Waals surface area contributed by atoms with E-state index >= 15 is 0 Å². The van der Waals surface area contributed by atoms with Crippen molar-refractivity contribution < 1.29 is 21.6 Å². The summed E-state index contributed by atoms with van der Waals surface area (Å²) < 4.78 is 68.2. The minimum absolute atomic E-state index is 0.00461. The molecule has 0 radical (unpaired) electrons. The van der Waals surface area contributed by atoms with Gasteiger partial charge in [-0.1, -0.05) is 25.0 Å². The molecule has 1 saturated carbocycles. The van der Waals surface area contributed by atoms with Crippen LogP contribution in [-0.2, 0) is 16.2 Å². The molecule has 1 saturated heterocycles. The Labute approximate surface area is 177 Å². The first-order valence-electron chi connectivity index (χ1n) is 10.6. The summed E-state index contributed by atoms with van der Waals surface area (Å²) in [7, 11) is 1.30. The third-order valence-corrected chi connectivity index (χ3v) is 8.74. The van der Waals surface area contributed by atoms with Gasteiger partial charge in [-0.05, 0) is 65.0 Å². The molecule has 170 valence electrons. The van der Waals surface area contributed by atoms with Gasteiger partial charge >= 0.3 is 6.18 Å². The molecular weight excluding hydrogens is 415 g/mol. The number of nitrogens with zero attached hydrogens (tertiary/aromatic N) is 3. The lowest BCUT2D eigenvalue weighted by molar-refractivity contribution is -0.139. The Balaban J connectivity index is 1.87. The minimum atomic E-state index is -4.72. The largest absolute Gasteiger partial charge is 0.417 e. The molecule has 0 N–H and O–H groups in total. The number of benzene rings is 1. The Morgan fingerprint density at radius 1 is 0.967 bits per heavy atom. The van der Waals surface area contributed by atoms with Gasteiger partial charge in [-0.2, -0.15) is 17.5 Å². The van der Waals surface area contributed by atoms with E-state index in [0.717, 1.165) is 57.3 Å². The van der Waals surface area contributed by atoms with Crippen LogP contribution in [0, 0.1) is 0 Å². The van der Waals surface area contributed by atoms with Crippen molar-refractivity contribution >= 4 is 10.0 Å². The third kappa shape index (κ3) is 4.84. The molecule has 0 amide bonds. The van der Waals surface area contributed by atoms with E-state index in [1.807, 2.05) is 7.05 Å². The molecule has 30 heavy (non-hydrogen) atoms. The van der Waals surface area contributed by atoms with Crippen molar-refractivity contribution in [3.63, 3.8) is 0 Å². The second kappa shape index (κ2) is 9.14. The molecule has 1 aromatic carbocycles. The van der Waals surface area contributed by atoms with Gasteiger partial charge in [-0.25, -0.2) is 8.42 Å². The molecule has 2 fully saturated rings. The maximum Gasteiger partial charge on any atom is 0.417 e. The van der Waals surface area contributed by atoms with Crippen molar-refractivity contribution in [1.29, 1.82) is 0 Å². The van der Waals surface area contributed by atoms with Crippen LogP contribution in [0.1, 0.15) is 44.1 Å². The summed E-state index contributed by atoms with van der Waals surface area (Å²) in [5.41, 5.74) is -1.10. The molecule has 5 nitrogen and oxygen atoms in total. The predicted molar refractivity (Wildman–Crippen MR) is 111 cm³/mol. The van der Waals surface area contributed by atoms with E-state index in [4.69, 9.17) is 0 Å². The number of hydrogen-bond donors (Lipinski definition) is 0. The summed E-state index contributed by atoms with van der Waals surface area (Å²) >= 11 is 0. The number of halogens is 3. The maximum absolute atomic E-state index is 13.5. The van der Waals surface area contributed by atoms with E-state index in [-0.39, 0.29) is 12.1 Å². The lowest BCUT2D eigenvalue weighted by atomic mass is 9.87. The quantitative estimate of drug-likeness (QED) is 0.691. The fraction of sp³-hybridized carbons (Fsp3) is 0.714. The lowest BCUT2D eigenvalue weighted by Gasteiger charge is -2.46. The molecule has 1 heterocycles. The van der Waals surface area contributed by atoms with Crippen molar-refractivity contribution in [2.45, 2.75) is 67.7 Å². The van der Waals surface area contributed by atoms with Crippen LogP contribution in [0.5, 0.6) is 0 Å². The van der Waals surface area contributed by atoms with Crippen molar-refractivity contribution in [3.05, 3.63) is 29.8 Å². The van der Waals surface area contributed by atoms with Crippen LogP contribution >= 0.6 is 0 Å². The zero-order valence-corrected chi connectivity index (χ0v) is 18.7. The van der Waals surface area contributed by atoms with E-state index < -0.39 is 26.7 Å². The van der Waals surface area contributed by atoms with Crippen LogP contribution in [0.2, 0.25) is 0 Å². The number of piperidine rings is 1. The van der Waals surface area contributed by atoms with Crippen LogP contribution in [0.15, 0.2) is 29.2 Å². The predicted octanol–water partition coefficient (Wildman–Crippen LogP) is 3.66. The molecule has 0 bridgehead atoms. The smallest absolute Gasteiger partial charge is 0.306 e. The summed E-state index contributed by atoms with van der Waals surface area (Å²) in [6.07, 6.45) is 0.711. The van der Waals surface area contributed by atoms with Crippen molar-refractivity contribution in [1.82, 2.24) is 14.1 Å². The Morgan fingerprint density at radius 2 is 1.53 bits per heavy atom. The number of sulfonamides is 1. The van der Waals surface area contributed by atoms with Gasteiger partial charge in [0.1, 0.15) is 0 Å². The SMILES string of the molecule is CN1CCC(N(C)[C@H]2CCCC[C@H]2N(C)S(=O)(=O)c2ccccc2C(F)(F)F)CC1. The number of alkyl halides is 3. The van der Waals surface area contributed by atoms with Gasteiger partial charge in [0.2, 0.25) is 10.0 Å². The van der Waals surface area contributed by atoms with E-state index in [0.29, 0.717) is 12.5 Å². The van der Waals surface area contributed by atoms with Gasteiger partial charge in [0.25, 0.3) is 0 Å². The highest BCUT2D eigenvalue weighted by atomic mass is 32.2. The monoisotopic (exact) mass is 447 g/mol. The first-order valence-corrected chi connectivity index (χ1v) is 12.0. The molecule has 3 rings (SSSR count). The highest BCUT2D eigenvalue weighted by Crippen LogP contribution is 2.37. The molecule has 2 aliphatic rings. The zero-order chi connectivity index (χ0) is 22.1. The molecule has 0 aromatic heterocycles. The van der Waals surface area contributed by atoms with Gasteiger partial charge in [0.05, 0.1) is 10.5 Å². The molecule has 0 unspecified atom stereocenters. The standard InChI is InChI=1S/C21H32F3N3O2S/c1-25-14-12-16(13-15-25)26(2)18-9-5-6-10-19(18)27(3)30(28,29)20-11-7-4-8-17(20)21(22,23)24/h4,7-8,11,16,18-19H,5-6,9-10,12-15H2,1-3H3/t18-,19+/m0/s1. The lowest BCUT2D eigenvalue weighted by Crippen LogP contribution is -2.56. The number of rotatable bonds is 5. The minimum Gasteiger partial charge on any atom is -0.306 e. The van der Waals surface area contributed by atoms with Crippen molar-refractivity contribution in [3.8, 4) is 0 Å². The van der Waals surface area contributed by atoms with E-state index in [1.54, 1.807) is 0 Å². The summed E-state index contributed by atoms with van der Waals surface area (Å²) in [5, 5.41) is 0. The van der Waals surface area contributed by atoms with E-state index in [2.05, 4.69) is 16.8 Å². The van der Waals surface area contributed by atoms with Crippen LogP contribution in [0.3, 0.4) is 0 Å². The Bertz CT molecular complexity index is 823. The van der Waals surface area contributed by atoms with Crippen molar-refractivity contribution in [2.75, 3.05) is 34.2 Å².